The molecule has 154 valence electrons. The van der Waals surface area contributed by atoms with Crippen LogP contribution in [0.15, 0.2) is 23.7 Å². The van der Waals surface area contributed by atoms with Crippen LogP contribution in [0.1, 0.15) is 45.4 Å². The number of amides is 1. The predicted molar refractivity (Wildman–Crippen MR) is 113 cm³/mol. The van der Waals surface area contributed by atoms with E-state index in [1.165, 1.54) is 0 Å². The summed E-state index contributed by atoms with van der Waals surface area (Å²) in [4.78, 5) is 26.8. The Hall–Kier alpha value is -2.29. The third kappa shape index (κ3) is 3.92. The predicted octanol–water partition coefficient (Wildman–Crippen LogP) is 3.07. The van der Waals surface area contributed by atoms with Crippen molar-refractivity contribution in [3.05, 3.63) is 51.4 Å². The summed E-state index contributed by atoms with van der Waals surface area (Å²) in [5.41, 5.74) is 4.39. The molecule has 1 aliphatic heterocycles. The summed E-state index contributed by atoms with van der Waals surface area (Å²) < 4.78 is 7.46. The van der Waals surface area contributed by atoms with Crippen LogP contribution in [0.25, 0.3) is 5.65 Å². The zero-order valence-corrected chi connectivity index (χ0v) is 18.2. The Bertz CT molecular complexity index is 1020. The first-order chi connectivity index (χ1) is 14.0. The largest absolute Gasteiger partial charge is 0.378 e. The maximum Gasteiger partial charge on any atom is 0.274 e. The van der Waals surface area contributed by atoms with E-state index >= 15 is 0 Å². The molecule has 1 atom stereocenters. The number of carbonyl (C=O) groups excluding carboxylic acids is 1. The first-order valence-corrected chi connectivity index (χ1v) is 10.8. The molecular formula is C21H27N5O2S. The Morgan fingerprint density at radius 2 is 2.07 bits per heavy atom. The Balaban J connectivity index is 1.69. The third-order valence-corrected chi connectivity index (χ3v) is 6.63. The van der Waals surface area contributed by atoms with Crippen molar-refractivity contribution < 1.29 is 9.53 Å². The summed E-state index contributed by atoms with van der Waals surface area (Å²) in [7, 11) is 2.07. The normalized spacial score (nSPS) is 16.0. The summed E-state index contributed by atoms with van der Waals surface area (Å²) in [5.74, 6) is -0.0162. The van der Waals surface area contributed by atoms with Gasteiger partial charge in [0.15, 0.2) is 5.69 Å². The maximum absolute atomic E-state index is 13.3. The van der Waals surface area contributed by atoms with Crippen LogP contribution in [0.2, 0.25) is 0 Å². The number of fused-ring (bicyclic) bond motifs is 1. The molecule has 0 radical (unpaired) electrons. The molecular weight excluding hydrogens is 386 g/mol. The van der Waals surface area contributed by atoms with E-state index in [-0.39, 0.29) is 11.9 Å². The Kier molecular flexibility index (Phi) is 5.67. The van der Waals surface area contributed by atoms with Gasteiger partial charge in [0.2, 0.25) is 0 Å². The number of morpholine rings is 1. The van der Waals surface area contributed by atoms with Gasteiger partial charge in [0.25, 0.3) is 5.91 Å². The van der Waals surface area contributed by atoms with Crippen molar-refractivity contribution >= 4 is 22.9 Å². The highest BCUT2D eigenvalue weighted by Crippen LogP contribution is 2.26. The minimum atomic E-state index is -0.0162. The van der Waals surface area contributed by atoms with E-state index in [0.717, 1.165) is 27.6 Å². The number of hydrogen-bond donors (Lipinski definition) is 0. The van der Waals surface area contributed by atoms with Gasteiger partial charge in [-0.05, 0) is 39.4 Å². The van der Waals surface area contributed by atoms with Gasteiger partial charge in [-0.3, -0.25) is 9.69 Å². The van der Waals surface area contributed by atoms with E-state index in [9.17, 15) is 4.79 Å². The molecule has 1 fully saturated rings. The molecule has 3 aromatic rings. The summed E-state index contributed by atoms with van der Waals surface area (Å²) in [6.45, 7) is 9.16. The third-order valence-electron chi connectivity index (χ3n) is 5.50. The van der Waals surface area contributed by atoms with Crippen LogP contribution in [0.3, 0.4) is 0 Å². The van der Waals surface area contributed by atoms with Crippen molar-refractivity contribution in [2.45, 2.75) is 33.4 Å². The summed E-state index contributed by atoms with van der Waals surface area (Å²) in [6.07, 6.45) is 1.99. The lowest BCUT2D eigenvalue weighted by Crippen LogP contribution is -2.41. The second-order valence-corrected chi connectivity index (χ2v) is 8.50. The van der Waals surface area contributed by atoms with Gasteiger partial charge in [-0.25, -0.2) is 9.97 Å². The average molecular weight is 414 g/mol. The molecule has 4 heterocycles. The number of pyridine rings is 1. The molecule has 0 unspecified atom stereocenters. The van der Waals surface area contributed by atoms with Crippen LogP contribution in [0, 0.1) is 13.8 Å². The van der Waals surface area contributed by atoms with Crippen molar-refractivity contribution in [2.75, 3.05) is 33.4 Å². The van der Waals surface area contributed by atoms with Crippen molar-refractivity contribution in [3.8, 4) is 0 Å². The number of nitrogens with zero attached hydrogens (tertiary/aromatic N) is 5. The maximum atomic E-state index is 13.3. The van der Waals surface area contributed by atoms with Crippen molar-refractivity contribution in [1.82, 2.24) is 24.2 Å². The molecule has 0 N–H and O–H groups in total. The minimum Gasteiger partial charge on any atom is -0.378 e. The number of carbonyl (C=O) groups is 1. The fourth-order valence-electron chi connectivity index (χ4n) is 3.62. The van der Waals surface area contributed by atoms with Crippen molar-refractivity contribution in [3.63, 3.8) is 0 Å². The van der Waals surface area contributed by atoms with E-state index in [2.05, 4.69) is 33.6 Å². The van der Waals surface area contributed by atoms with Gasteiger partial charge in [-0.2, -0.15) is 0 Å². The van der Waals surface area contributed by atoms with Gasteiger partial charge in [0.05, 0.1) is 24.9 Å². The Morgan fingerprint density at radius 3 is 2.76 bits per heavy atom. The summed E-state index contributed by atoms with van der Waals surface area (Å²) in [5, 5.41) is 3.15. The van der Waals surface area contributed by atoms with Crippen molar-refractivity contribution in [1.29, 1.82) is 0 Å². The van der Waals surface area contributed by atoms with E-state index < -0.39 is 0 Å². The molecule has 1 aliphatic rings. The quantitative estimate of drug-likeness (QED) is 0.643. The molecule has 8 heteroatoms. The van der Waals surface area contributed by atoms with Crippen LogP contribution < -0.4 is 0 Å². The Labute approximate surface area is 174 Å². The molecule has 0 aromatic carbocycles. The van der Waals surface area contributed by atoms with Crippen molar-refractivity contribution in [2.24, 2.45) is 0 Å². The molecule has 1 saturated heterocycles. The molecule has 1 amide bonds. The van der Waals surface area contributed by atoms with E-state index in [0.29, 0.717) is 38.5 Å². The smallest absolute Gasteiger partial charge is 0.274 e. The van der Waals surface area contributed by atoms with Crippen LogP contribution in [-0.2, 0) is 11.3 Å². The van der Waals surface area contributed by atoms with Crippen LogP contribution in [0.4, 0.5) is 0 Å². The van der Waals surface area contributed by atoms with E-state index in [4.69, 9.17) is 9.72 Å². The van der Waals surface area contributed by atoms with Crippen LogP contribution >= 0.6 is 11.3 Å². The molecule has 0 saturated carbocycles. The zero-order chi connectivity index (χ0) is 20.5. The highest BCUT2D eigenvalue weighted by atomic mass is 32.1. The monoisotopic (exact) mass is 413 g/mol. The zero-order valence-electron chi connectivity index (χ0n) is 17.4. The Morgan fingerprint density at radius 1 is 1.31 bits per heavy atom. The highest BCUT2D eigenvalue weighted by Gasteiger charge is 2.27. The number of ether oxygens (including phenoxy) is 1. The first kappa shape index (κ1) is 20.0. The molecule has 0 bridgehead atoms. The number of hydrogen-bond acceptors (Lipinski definition) is 6. The molecule has 0 spiro atoms. The van der Waals surface area contributed by atoms with Gasteiger partial charge in [0, 0.05) is 36.9 Å². The minimum absolute atomic E-state index is 0.0162. The second-order valence-electron chi connectivity index (χ2n) is 7.61. The average Bonchev–Trinajstić information content (AvgIpc) is 3.32. The molecule has 3 aromatic heterocycles. The summed E-state index contributed by atoms with van der Waals surface area (Å²) >= 11 is 1.67. The SMILES string of the molecule is Cc1csc([C@@H](C)N(C)Cc2c(C(=O)N3CCOCC3)nc3c(C)cccn23)n1. The second kappa shape index (κ2) is 8.22. The molecule has 4 rings (SSSR count). The van der Waals surface area contributed by atoms with Gasteiger partial charge in [-0.1, -0.05) is 6.07 Å². The fourth-order valence-corrected chi connectivity index (χ4v) is 4.53. The van der Waals surface area contributed by atoms with Gasteiger partial charge < -0.3 is 14.0 Å². The van der Waals surface area contributed by atoms with E-state index in [1.807, 2.05) is 37.1 Å². The highest BCUT2D eigenvalue weighted by molar-refractivity contribution is 7.09. The van der Waals surface area contributed by atoms with Crippen LogP contribution in [-0.4, -0.2) is 63.4 Å². The summed E-state index contributed by atoms with van der Waals surface area (Å²) in [6, 6.07) is 4.18. The number of aromatic nitrogens is 3. The topological polar surface area (TPSA) is 63.0 Å². The van der Waals surface area contributed by atoms with Gasteiger partial charge in [0.1, 0.15) is 10.7 Å². The molecule has 29 heavy (non-hydrogen) atoms. The number of imidazole rings is 1. The number of thiazole rings is 1. The standard InChI is InChI=1S/C21H27N5O2S/c1-14-6-5-7-26-17(12-24(4)16(3)20-22-15(2)13-29-20)18(23-19(14)26)21(27)25-8-10-28-11-9-25/h5-7,13,16H,8-12H2,1-4H3/t16-/m1/s1. The lowest BCUT2D eigenvalue weighted by molar-refractivity contribution is 0.0298. The molecule has 7 nitrogen and oxygen atoms in total. The number of rotatable bonds is 5. The number of aryl methyl sites for hydroxylation is 2. The van der Waals surface area contributed by atoms with Gasteiger partial charge in [-0.15, -0.1) is 11.3 Å². The lowest BCUT2D eigenvalue weighted by Gasteiger charge is -2.27. The first-order valence-electron chi connectivity index (χ1n) is 9.91. The van der Waals surface area contributed by atoms with Crippen LogP contribution in [0.5, 0.6) is 0 Å². The fraction of sp³-hybridized carbons (Fsp3) is 0.476. The molecule has 0 aliphatic carbocycles. The lowest BCUT2D eigenvalue weighted by atomic mass is 10.2. The van der Waals surface area contributed by atoms with E-state index in [1.54, 1.807) is 11.3 Å². The van der Waals surface area contributed by atoms with Gasteiger partial charge >= 0.3 is 0 Å².